The van der Waals surface area contributed by atoms with Crippen molar-refractivity contribution in [1.82, 2.24) is 15.3 Å². The van der Waals surface area contributed by atoms with Crippen LogP contribution in [-0.4, -0.2) is 29.9 Å². The van der Waals surface area contributed by atoms with Crippen LogP contribution in [-0.2, 0) is 29.3 Å². The number of hydrogen-bond donors (Lipinski definition) is 1. The second kappa shape index (κ2) is 4.28. The minimum absolute atomic E-state index is 0.00815. The molecule has 98 valence electrons. The summed E-state index contributed by atoms with van der Waals surface area (Å²) in [5.41, 5.74) is 3.34. The Morgan fingerprint density at radius 1 is 1.33 bits per heavy atom. The summed E-state index contributed by atoms with van der Waals surface area (Å²) in [5.74, 6) is 1.21. The summed E-state index contributed by atoms with van der Waals surface area (Å²) in [5, 5.41) is 3.28. The zero-order valence-electron chi connectivity index (χ0n) is 10.4. The quantitative estimate of drug-likeness (QED) is 0.847. The Kier molecular flexibility index (Phi) is 2.86. The summed E-state index contributed by atoms with van der Waals surface area (Å²) in [6.45, 7) is 3.69. The van der Waals surface area contributed by atoms with Crippen LogP contribution in [0.2, 0.25) is 0 Å². The molecule has 1 aromatic rings. The predicted molar refractivity (Wildman–Crippen MR) is 68.0 cm³/mol. The molecule has 1 fully saturated rings. The Labute approximate surface area is 107 Å². The number of aryl methyl sites for hydroxylation is 1. The minimum atomic E-state index is -2.87. The van der Waals surface area contributed by atoms with Crippen molar-refractivity contribution in [3.05, 3.63) is 22.8 Å². The van der Waals surface area contributed by atoms with Gasteiger partial charge in [-0.1, -0.05) is 6.92 Å². The molecule has 1 N–H and O–H groups in total. The molecular weight excluding hydrogens is 250 g/mol. The van der Waals surface area contributed by atoms with Gasteiger partial charge < -0.3 is 5.32 Å². The van der Waals surface area contributed by atoms with Gasteiger partial charge in [0.2, 0.25) is 0 Å². The van der Waals surface area contributed by atoms with E-state index >= 15 is 0 Å². The summed E-state index contributed by atoms with van der Waals surface area (Å²) < 4.78 is 23.1. The van der Waals surface area contributed by atoms with E-state index < -0.39 is 9.84 Å². The molecule has 0 saturated carbocycles. The molecular formula is C12H17N3O2S. The highest BCUT2D eigenvalue weighted by molar-refractivity contribution is 7.91. The molecule has 1 saturated heterocycles. The molecule has 0 aromatic carbocycles. The minimum Gasteiger partial charge on any atom is -0.307 e. The van der Waals surface area contributed by atoms with Crippen LogP contribution in [0.25, 0.3) is 0 Å². The van der Waals surface area contributed by atoms with Gasteiger partial charge in [-0.3, -0.25) is 0 Å². The van der Waals surface area contributed by atoms with Gasteiger partial charge in [-0.15, -0.1) is 0 Å². The molecule has 0 amide bonds. The van der Waals surface area contributed by atoms with Gasteiger partial charge in [0.15, 0.2) is 9.84 Å². The van der Waals surface area contributed by atoms with Crippen LogP contribution >= 0.6 is 0 Å². The van der Waals surface area contributed by atoms with Gasteiger partial charge in [-0.25, -0.2) is 18.4 Å². The van der Waals surface area contributed by atoms with Crippen molar-refractivity contribution in [1.29, 1.82) is 0 Å². The first kappa shape index (κ1) is 12.0. The predicted octanol–water partition coefficient (Wildman–Crippen LogP) is 0.544. The van der Waals surface area contributed by atoms with Crippen molar-refractivity contribution in [3.8, 4) is 0 Å². The van der Waals surface area contributed by atoms with Crippen LogP contribution in [0.5, 0.6) is 0 Å². The van der Waals surface area contributed by atoms with Gasteiger partial charge in [0.1, 0.15) is 5.82 Å². The second-order valence-corrected chi connectivity index (χ2v) is 7.24. The van der Waals surface area contributed by atoms with Crippen molar-refractivity contribution in [3.63, 3.8) is 0 Å². The maximum Gasteiger partial charge on any atom is 0.151 e. The number of fused-ring (bicyclic) bond motifs is 1. The fourth-order valence-electron chi connectivity index (χ4n) is 2.73. The number of sulfone groups is 1. The number of rotatable bonds is 2. The number of nitrogens with zero attached hydrogens (tertiary/aromatic N) is 2. The Hall–Kier alpha value is -1.01. The van der Waals surface area contributed by atoms with E-state index in [2.05, 4.69) is 22.2 Å². The van der Waals surface area contributed by atoms with Crippen LogP contribution in [0.1, 0.15) is 42.0 Å². The smallest absolute Gasteiger partial charge is 0.151 e. The fourth-order valence-corrected chi connectivity index (χ4v) is 4.47. The van der Waals surface area contributed by atoms with Crippen molar-refractivity contribution < 1.29 is 8.42 Å². The monoisotopic (exact) mass is 267 g/mol. The molecule has 18 heavy (non-hydrogen) atoms. The summed E-state index contributed by atoms with van der Waals surface area (Å²) in [4.78, 5) is 9.17. The molecule has 3 rings (SSSR count). The lowest BCUT2D eigenvalue weighted by Crippen LogP contribution is -2.11. The second-order valence-electron chi connectivity index (χ2n) is 5.01. The Balaban J connectivity index is 1.99. The molecule has 1 unspecified atom stereocenters. The highest BCUT2D eigenvalue weighted by atomic mass is 32.2. The third-order valence-electron chi connectivity index (χ3n) is 3.72. The van der Waals surface area contributed by atoms with Crippen LogP contribution in [0.3, 0.4) is 0 Å². The molecule has 0 radical (unpaired) electrons. The largest absolute Gasteiger partial charge is 0.307 e. The Morgan fingerprint density at radius 3 is 2.83 bits per heavy atom. The lowest BCUT2D eigenvalue weighted by Gasteiger charge is -2.11. The normalized spacial score (nSPS) is 25.3. The van der Waals surface area contributed by atoms with Gasteiger partial charge >= 0.3 is 0 Å². The van der Waals surface area contributed by atoms with Gasteiger partial charge in [-0.2, -0.15) is 0 Å². The first-order valence-electron chi connectivity index (χ1n) is 6.39. The van der Waals surface area contributed by atoms with E-state index in [1.807, 2.05) is 0 Å². The number of hydrogen-bond acceptors (Lipinski definition) is 5. The van der Waals surface area contributed by atoms with E-state index in [9.17, 15) is 8.42 Å². The highest BCUT2D eigenvalue weighted by Gasteiger charge is 2.32. The molecule has 1 atom stereocenters. The first-order chi connectivity index (χ1) is 8.59. The average Bonchev–Trinajstić information content (AvgIpc) is 2.93. The molecule has 0 aliphatic carbocycles. The maximum absolute atomic E-state index is 11.5. The average molecular weight is 267 g/mol. The van der Waals surface area contributed by atoms with Crippen molar-refractivity contribution in [2.24, 2.45) is 0 Å². The highest BCUT2D eigenvalue weighted by Crippen LogP contribution is 2.28. The molecule has 0 bridgehead atoms. The Morgan fingerprint density at radius 2 is 2.17 bits per heavy atom. The lowest BCUT2D eigenvalue weighted by molar-refractivity contribution is 0.601. The van der Waals surface area contributed by atoms with E-state index in [0.717, 1.165) is 36.7 Å². The third-order valence-corrected chi connectivity index (χ3v) is 5.49. The van der Waals surface area contributed by atoms with Crippen molar-refractivity contribution in [2.75, 3.05) is 11.5 Å². The fraction of sp³-hybridized carbons (Fsp3) is 0.667. The SMILES string of the molecule is CCc1nc(C2CCS(=O)(=O)C2)nc2c1CNC2. The van der Waals surface area contributed by atoms with Crippen LogP contribution in [0.15, 0.2) is 0 Å². The van der Waals surface area contributed by atoms with E-state index in [1.165, 1.54) is 5.56 Å². The van der Waals surface area contributed by atoms with Gasteiger partial charge in [-0.05, 0) is 12.8 Å². The van der Waals surface area contributed by atoms with E-state index in [1.54, 1.807) is 0 Å². The zero-order chi connectivity index (χ0) is 12.8. The van der Waals surface area contributed by atoms with Gasteiger partial charge in [0, 0.05) is 30.3 Å². The molecule has 1 aromatic heterocycles. The lowest BCUT2D eigenvalue weighted by atomic mass is 10.1. The molecule has 5 nitrogen and oxygen atoms in total. The van der Waals surface area contributed by atoms with Gasteiger partial charge in [0.05, 0.1) is 17.2 Å². The number of aromatic nitrogens is 2. The molecule has 0 spiro atoms. The van der Waals surface area contributed by atoms with E-state index in [0.29, 0.717) is 6.42 Å². The van der Waals surface area contributed by atoms with E-state index in [4.69, 9.17) is 0 Å². The molecule has 6 heteroatoms. The van der Waals surface area contributed by atoms with Crippen LogP contribution in [0, 0.1) is 0 Å². The summed E-state index contributed by atoms with van der Waals surface area (Å²) in [6.07, 6.45) is 1.54. The summed E-state index contributed by atoms with van der Waals surface area (Å²) in [6, 6.07) is 0. The molecule has 2 aliphatic heterocycles. The summed E-state index contributed by atoms with van der Waals surface area (Å²) >= 11 is 0. The maximum atomic E-state index is 11.5. The van der Waals surface area contributed by atoms with Crippen molar-refractivity contribution in [2.45, 2.75) is 38.8 Å². The standard InChI is InChI=1S/C12H17N3O2S/c1-2-10-9-5-13-6-11(9)15-12(14-10)8-3-4-18(16,17)7-8/h8,13H,2-7H2,1H3. The summed E-state index contributed by atoms with van der Waals surface area (Å²) in [7, 11) is -2.87. The topological polar surface area (TPSA) is 72.0 Å². The van der Waals surface area contributed by atoms with Crippen LogP contribution in [0.4, 0.5) is 0 Å². The molecule has 3 heterocycles. The first-order valence-corrected chi connectivity index (χ1v) is 8.21. The third kappa shape index (κ3) is 2.03. The zero-order valence-corrected chi connectivity index (χ0v) is 11.3. The molecule has 2 aliphatic rings. The van der Waals surface area contributed by atoms with Crippen molar-refractivity contribution >= 4 is 9.84 Å². The van der Waals surface area contributed by atoms with Gasteiger partial charge in [0.25, 0.3) is 0 Å². The van der Waals surface area contributed by atoms with Crippen LogP contribution < -0.4 is 5.32 Å². The van der Waals surface area contributed by atoms with E-state index in [-0.39, 0.29) is 17.4 Å². The number of nitrogens with one attached hydrogen (secondary N) is 1. The Bertz CT molecular complexity index is 583.